The molecule has 1 fully saturated rings. The monoisotopic (exact) mass is 483 g/mol. The van der Waals surface area contributed by atoms with Gasteiger partial charge in [-0.3, -0.25) is 4.79 Å². The van der Waals surface area contributed by atoms with Crippen LogP contribution in [0.3, 0.4) is 0 Å². The molecule has 1 N–H and O–H groups in total. The fourth-order valence-corrected chi connectivity index (χ4v) is 4.63. The van der Waals surface area contributed by atoms with Crippen molar-refractivity contribution < 1.29 is 18.0 Å². The molecule has 1 aliphatic rings. The van der Waals surface area contributed by atoms with Gasteiger partial charge in [0.1, 0.15) is 12.4 Å². The number of halogens is 3. The van der Waals surface area contributed by atoms with Crippen molar-refractivity contribution in [1.82, 2.24) is 29.4 Å². The van der Waals surface area contributed by atoms with Crippen molar-refractivity contribution >= 4 is 27.5 Å². The molecule has 1 amide bonds. The summed E-state index contributed by atoms with van der Waals surface area (Å²) in [6.07, 6.45) is -0.172. The molecule has 0 saturated heterocycles. The van der Waals surface area contributed by atoms with E-state index in [-0.39, 0.29) is 11.5 Å². The first-order valence-electron chi connectivity index (χ1n) is 10.3. The molecule has 1 saturated carbocycles. The molecular formula is C22H16F3N7OS. The van der Waals surface area contributed by atoms with Gasteiger partial charge in [0, 0.05) is 17.5 Å². The fourth-order valence-electron chi connectivity index (χ4n) is 3.68. The Bertz CT molecular complexity index is 1430. The number of hydrogen-bond acceptors (Lipinski definition) is 7. The van der Waals surface area contributed by atoms with Gasteiger partial charge in [-0.15, -0.1) is 0 Å². The number of nitrogens with one attached hydrogen (secondary N) is 1. The quantitative estimate of drug-likeness (QED) is 0.447. The van der Waals surface area contributed by atoms with Gasteiger partial charge in [-0.05, 0) is 55.6 Å². The molecule has 0 spiro atoms. The van der Waals surface area contributed by atoms with Crippen LogP contribution in [0, 0.1) is 11.3 Å². The predicted molar refractivity (Wildman–Crippen MR) is 116 cm³/mol. The number of benzene rings is 1. The van der Waals surface area contributed by atoms with Gasteiger partial charge in [0.25, 0.3) is 5.91 Å². The lowest BCUT2D eigenvalue weighted by molar-refractivity contribution is -0.137. The summed E-state index contributed by atoms with van der Waals surface area (Å²) in [6, 6.07) is 6.37. The second-order valence-corrected chi connectivity index (χ2v) is 8.76. The predicted octanol–water partition coefficient (Wildman–Crippen LogP) is 4.53. The van der Waals surface area contributed by atoms with Crippen molar-refractivity contribution in [2.45, 2.75) is 37.9 Å². The summed E-state index contributed by atoms with van der Waals surface area (Å²) in [5, 5.41) is 16.2. The van der Waals surface area contributed by atoms with Gasteiger partial charge in [0.15, 0.2) is 11.6 Å². The number of alkyl halides is 3. The topological polar surface area (TPSA) is 109 Å². The first kappa shape index (κ1) is 22.0. The third kappa shape index (κ3) is 3.99. The Balaban J connectivity index is 1.48. The third-order valence-corrected chi connectivity index (χ3v) is 6.45. The molecule has 8 nitrogen and oxygen atoms in total. The first-order chi connectivity index (χ1) is 16.3. The van der Waals surface area contributed by atoms with Crippen LogP contribution in [-0.2, 0) is 6.18 Å². The summed E-state index contributed by atoms with van der Waals surface area (Å²) < 4.78 is 47.0. The Morgan fingerprint density at radius 2 is 2.09 bits per heavy atom. The van der Waals surface area contributed by atoms with Crippen molar-refractivity contribution in [2.24, 2.45) is 0 Å². The summed E-state index contributed by atoms with van der Waals surface area (Å²) in [6.45, 7) is 1.65. The van der Waals surface area contributed by atoms with Crippen molar-refractivity contribution in [2.75, 3.05) is 0 Å². The zero-order valence-corrected chi connectivity index (χ0v) is 18.5. The van der Waals surface area contributed by atoms with Gasteiger partial charge in [-0.1, -0.05) is 0 Å². The number of pyridine rings is 1. The maximum absolute atomic E-state index is 13.6. The number of amides is 1. The molecule has 172 valence electrons. The average Bonchev–Trinajstić information content (AvgIpc) is 3.37. The second-order valence-electron chi connectivity index (χ2n) is 7.98. The summed E-state index contributed by atoms with van der Waals surface area (Å²) >= 11 is 1.04. The molecule has 0 bridgehead atoms. The van der Waals surface area contributed by atoms with Crippen LogP contribution in [0.2, 0.25) is 0 Å². The van der Waals surface area contributed by atoms with E-state index in [2.05, 4.69) is 24.8 Å². The minimum atomic E-state index is -4.60. The molecule has 1 atom stereocenters. The van der Waals surface area contributed by atoms with Crippen LogP contribution in [0.5, 0.6) is 0 Å². The van der Waals surface area contributed by atoms with E-state index in [9.17, 15) is 18.0 Å². The summed E-state index contributed by atoms with van der Waals surface area (Å²) in [7, 11) is 0. The van der Waals surface area contributed by atoms with E-state index >= 15 is 0 Å². The zero-order valence-electron chi connectivity index (χ0n) is 17.7. The molecular weight excluding hydrogens is 467 g/mol. The largest absolute Gasteiger partial charge is 0.416 e. The molecule has 1 aromatic carbocycles. The van der Waals surface area contributed by atoms with Gasteiger partial charge in [0.2, 0.25) is 0 Å². The van der Waals surface area contributed by atoms with Crippen LogP contribution in [0.4, 0.5) is 13.2 Å². The molecule has 0 radical (unpaired) electrons. The fraction of sp³-hybridized carbons (Fsp3) is 0.273. The van der Waals surface area contributed by atoms with E-state index < -0.39 is 23.7 Å². The molecule has 5 rings (SSSR count). The number of rotatable bonds is 5. The lowest BCUT2D eigenvalue weighted by atomic mass is 10.0. The van der Waals surface area contributed by atoms with Crippen LogP contribution in [0.1, 0.15) is 64.7 Å². The first-order valence-corrected chi connectivity index (χ1v) is 11.1. The number of nitriles is 1. The smallest absolute Gasteiger partial charge is 0.342 e. The highest BCUT2D eigenvalue weighted by atomic mass is 32.1. The second kappa shape index (κ2) is 8.18. The Morgan fingerprint density at radius 1 is 1.29 bits per heavy atom. The highest BCUT2D eigenvalue weighted by Crippen LogP contribution is 2.45. The molecule has 1 aliphatic carbocycles. The minimum absolute atomic E-state index is 0.0800. The Morgan fingerprint density at radius 3 is 2.74 bits per heavy atom. The normalized spacial score (nSPS) is 14.7. The van der Waals surface area contributed by atoms with E-state index in [0.29, 0.717) is 33.0 Å². The van der Waals surface area contributed by atoms with E-state index in [1.165, 1.54) is 17.2 Å². The third-order valence-electron chi connectivity index (χ3n) is 5.54. The van der Waals surface area contributed by atoms with Crippen molar-refractivity contribution in [1.29, 1.82) is 5.26 Å². The molecule has 3 aromatic heterocycles. The highest BCUT2D eigenvalue weighted by Gasteiger charge is 2.35. The van der Waals surface area contributed by atoms with Crippen LogP contribution in [0.25, 0.3) is 15.9 Å². The van der Waals surface area contributed by atoms with Gasteiger partial charge in [-0.25, -0.2) is 9.97 Å². The molecule has 4 aromatic rings. The number of hydrogen-bond donors (Lipinski definition) is 1. The van der Waals surface area contributed by atoms with Crippen molar-refractivity contribution in [3.63, 3.8) is 0 Å². The van der Waals surface area contributed by atoms with Gasteiger partial charge >= 0.3 is 6.18 Å². The van der Waals surface area contributed by atoms with Crippen LogP contribution in [-0.4, -0.2) is 30.0 Å². The minimum Gasteiger partial charge on any atom is -0.342 e. The van der Waals surface area contributed by atoms with Crippen LogP contribution in [0.15, 0.2) is 36.8 Å². The van der Waals surface area contributed by atoms with Crippen molar-refractivity contribution in [3.05, 3.63) is 65.0 Å². The zero-order chi connectivity index (χ0) is 24.0. The molecule has 0 aliphatic heterocycles. The number of carbonyl (C=O) groups excluding carboxylic acids is 1. The molecule has 34 heavy (non-hydrogen) atoms. The summed E-state index contributed by atoms with van der Waals surface area (Å²) in [4.78, 5) is 21.5. The van der Waals surface area contributed by atoms with Crippen molar-refractivity contribution in [3.8, 4) is 11.9 Å². The van der Waals surface area contributed by atoms with Crippen LogP contribution >= 0.6 is 11.5 Å². The van der Waals surface area contributed by atoms with E-state index in [1.807, 2.05) is 6.07 Å². The number of aromatic nitrogens is 5. The van der Waals surface area contributed by atoms with Gasteiger partial charge < -0.3 is 5.32 Å². The number of carbonyl (C=O) groups is 1. The Kier molecular flexibility index (Phi) is 5.28. The van der Waals surface area contributed by atoms with E-state index in [4.69, 9.17) is 5.26 Å². The maximum atomic E-state index is 13.6. The standard InChI is InChI=1S/C22H16F3N7OS/c1-11(20-28-10-29-32(20)17-5-2-12(8-26)9-27-17)30-21(33)16-7-14(22(23,24)25)6-15-18(13-3-4-13)31-34-19(15)16/h2,5-7,9-11,13H,3-4H2,1H3,(H,30,33)/t11-/m0/s1. The maximum Gasteiger partial charge on any atom is 0.416 e. The van der Waals surface area contributed by atoms with E-state index in [0.717, 1.165) is 36.5 Å². The van der Waals surface area contributed by atoms with Crippen LogP contribution < -0.4 is 5.32 Å². The Labute approximate surface area is 195 Å². The molecule has 3 heterocycles. The molecule has 12 heteroatoms. The molecule has 0 unspecified atom stereocenters. The van der Waals surface area contributed by atoms with Gasteiger partial charge in [-0.2, -0.15) is 32.6 Å². The average molecular weight is 483 g/mol. The number of fused-ring (bicyclic) bond motifs is 1. The van der Waals surface area contributed by atoms with E-state index in [1.54, 1.807) is 19.1 Å². The SMILES string of the molecule is C[C@H](NC(=O)c1cc(C(F)(F)F)cc2c(C3CC3)nsc12)c1ncnn1-c1ccc(C#N)cn1. The van der Waals surface area contributed by atoms with Gasteiger partial charge in [0.05, 0.1) is 33.1 Å². The summed E-state index contributed by atoms with van der Waals surface area (Å²) in [5.74, 6) is 0.185. The Hall–Kier alpha value is -3.85. The summed E-state index contributed by atoms with van der Waals surface area (Å²) in [5.41, 5.74) is 0.0313. The lowest BCUT2D eigenvalue weighted by Gasteiger charge is -2.16. The number of nitrogens with zero attached hydrogens (tertiary/aromatic N) is 6. The highest BCUT2D eigenvalue weighted by molar-refractivity contribution is 7.13. The lowest BCUT2D eigenvalue weighted by Crippen LogP contribution is -2.29.